The molecule has 1 fully saturated rings. The van der Waals surface area contributed by atoms with Crippen molar-refractivity contribution >= 4 is 28.5 Å². The number of morpholine rings is 1. The normalized spacial score (nSPS) is 20.9. The Morgan fingerprint density at radius 2 is 1.88 bits per heavy atom. The third-order valence-electron chi connectivity index (χ3n) is 4.23. The quantitative estimate of drug-likeness (QED) is 0.530. The smallest absolute Gasteiger partial charge is 0.249 e. The molecule has 1 saturated heterocycles. The molecule has 0 aromatic heterocycles. The average molecular weight is 437 g/mol. The van der Waals surface area contributed by atoms with Gasteiger partial charge in [-0.1, -0.05) is 65.1 Å². The van der Waals surface area contributed by atoms with Crippen LogP contribution in [0.3, 0.4) is 0 Å². The maximum absolute atomic E-state index is 12.5. The summed E-state index contributed by atoms with van der Waals surface area (Å²) < 4.78 is 11.8. The second-order valence-corrected chi connectivity index (χ2v) is 6.61. The largest absolute Gasteiger partial charge is 0.497 e. The lowest BCUT2D eigenvalue weighted by Crippen LogP contribution is -2.49. The molecule has 2 unspecified atom stereocenters. The molecule has 0 N–H and O–H groups in total. The summed E-state index contributed by atoms with van der Waals surface area (Å²) in [7, 11) is 1.65. The summed E-state index contributed by atoms with van der Waals surface area (Å²) in [4.78, 5) is 14.5. The van der Waals surface area contributed by atoms with E-state index in [1.807, 2.05) is 47.4 Å². The molecule has 24 heavy (non-hydrogen) atoms. The molecule has 3 rings (SSSR count). The molecule has 1 amide bonds. The number of ether oxygens (including phenoxy) is 2. The van der Waals surface area contributed by atoms with E-state index in [-0.39, 0.29) is 24.7 Å². The van der Waals surface area contributed by atoms with Crippen molar-refractivity contribution in [3.8, 4) is 5.75 Å². The van der Waals surface area contributed by atoms with Crippen molar-refractivity contribution in [3.63, 3.8) is 0 Å². The van der Waals surface area contributed by atoms with E-state index in [1.165, 1.54) is 0 Å². The lowest BCUT2D eigenvalue weighted by Gasteiger charge is -2.41. The topological polar surface area (TPSA) is 38.8 Å². The summed E-state index contributed by atoms with van der Waals surface area (Å²) in [5.41, 5.74) is 2.19. The Hall–Kier alpha value is -1.60. The van der Waals surface area contributed by atoms with Crippen LogP contribution in [0.25, 0.3) is 0 Å². The molecule has 0 radical (unpaired) electrons. The molecule has 4 nitrogen and oxygen atoms in total. The molecule has 0 aliphatic carbocycles. The highest BCUT2D eigenvalue weighted by molar-refractivity contribution is 14.1. The molecule has 2 atom stereocenters. The minimum absolute atomic E-state index is 0.00366. The van der Waals surface area contributed by atoms with E-state index in [1.54, 1.807) is 7.11 Å². The summed E-state index contributed by atoms with van der Waals surface area (Å²) in [6.07, 6.45) is 0.00366. The zero-order valence-electron chi connectivity index (χ0n) is 13.5. The molecule has 1 aliphatic rings. The van der Waals surface area contributed by atoms with Gasteiger partial charge < -0.3 is 14.4 Å². The van der Waals surface area contributed by atoms with Crippen LogP contribution in [0.15, 0.2) is 54.6 Å². The molecule has 2 aromatic carbocycles. The maximum Gasteiger partial charge on any atom is 0.249 e. The first-order valence-corrected chi connectivity index (χ1v) is 9.40. The number of halogens is 1. The third kappa shape index (κ3) is 3.72. The second-order valence-electron chi connectivity index (χ2n) is 5.73. The highest BCUT2D eigenvalue weighted by atomic mass is 127. The van der Waals surface area contributed by atoms with Gasteiger partial charge in [-0.25, -0.2) is 0 Å². The Labute approximate surface area is 155 Å². The van der Waals surface area contributed by atoms with Gasteiger partial charge in [-0.2, -0.15) is 0 Å². The number of methoxy groups -OCH3 is 1. The van der Waals surface area contributed by atoms with E-state index in [0.29, 0.717) is 6.54 Å². The van der Waals surface area contributed by atoms with Gasteiger partial charge in [0.25, 0.3) is 0 Å². The number of nitrogens with zero attached hydrogens (tertiary/aromatic N) is 1. The number of benzene rings is 2. The van der Waals surface area contributed by atoms with Crippen molar-refractivity contribution in [1.82, 2.24) is 4.90 Å². The van der Waals surface area contributed by atoms with Gasteiger partial charge >= 0.3 is 0 Å². The van der Waals surface area contributed by atoms with Gasteiger partial charge in [0.2, 0.25) is 5.91 Å². The van der Waals surface area contributed by atoms with Crippen LogP contribution in [-0.2, 0) is 16.1 Å². The fraction of sp³-hybridized carbons (Fsp3) is 0.316. The van der Waals surface area contributed by atoms with Gasteiger partial charge in [0.15, 0.2) is 0 Å². The van der Waals surface area contributed by atoms with Crippen LogP contribution in [0.2, 0.25) is 0 Å². The Morgan fingerprint density at radius 1 is 1.17 bits per heavy atom. The average Bonchev–Trinajstić information content (AvgIpc) is 2.64. The van der Waals surface area contributed by atoms with E-state index in [2.05, 4.69) is 34.7 Å². The van der Waals surface area contributed by atoms with Crippen molar-refractivity contribution in [1.29, 1.82) is 0 Å². The predicted molar refractivity (Wildman–Crippen MR) is 101 cm³/mol. The number of rotatable bonds is 5. The lowest BCUT2D eigenvalue weighted by atomic mass is 9.98. The number of hydrogen-bond acceptors (Lipinski definition) is 3. The van der Waals surface area contributed by atoms with E-state index >= 15 is 0 Å². The van der Waals surface area contributed by atoms with Gasteiger partial charge in [0.05, 0.1) is 19.3 Å². The van der Waals surface area contributed by atoms with E-state index in [9.17, 15) is 4.79 Å². The van der Waals surface area contributed by atoms with Crippen LogP contribution in [0.4, 0.5) is 0 Å². The van der Waals surface area contributed by atoms with Crippen LogP contribution in [-0.4, -0.2) is 35.1 Å². The van der Waals surface area contributed by atoms with Crippen LogP contribution < -0.4 is 4.74 Å². The number of alkyl halides is 1. The predicted octanol–water partition coefficient (Wildman–Crippen LogP) is 3.60. The van der Waals surface area contributed by atoms with E-state index < -0.39 is 0 Å². The zero-order chi connectivity index (χ0) is 16.9. The summed E-state index contributed by atoms with van der Waals surface area (Å²) in [6, 6.07) is 17.9. The minimum atomic E-state index is -0.0635. The number of carbonyl (C=O) groups is 1. The first-order valence-electron chi connectivity index (χ1n) is 7.88. The number of hydrogen-bond donors (Lipinski definition) is 0. The van der Waals surface area contributed by atoms with Gasteiger partial charge in [-0.15, -0.1) is 0 Å². The molecular formula is C19H20INO3. The fourth-order valence-corrected chi connectivity index (χ4v) is 3.73. The van der Waals surface area contributed by atoms with Crippen molar-refractivity contribution in [2.24, 2.45) is 0 Å². The third-order valence-corrected chi connectivity index (χ3v) is 5.10. The van der Waals surface area contributed by atoms with E-state index in [4.69, 9.17) is 9.47 Å². The van der Waals surface area contributed by atoms with Crippen molar-refractivity contribution in [2.75, 3.05) is 18.1 Å². The Morgan fingerprint density at radius 3 is 2.50 bits per heavy atom. The molecule has 0 bridgehead atoms. The van der Waals surface area contributed by atoms with Crippen molar-refractivity contribution in [2.45, 2.75) is 18.7 Å². The lowest BCUT2D eigenvalue weighted by molar-refractivity contribution is -0.156. The fourth-order valence-electron chi connectivity index (χ4n) is 3.00. The van der Waals surface area contributed by atoms with Gasteiger partial charge in [0.1, 0.15) is 12.4 Å². The zero-order valence-corrected chi connectivity index (χ0v) is 15.7. The highest BCUT2D eigenvalue weighted by Gasteiger charge is 2.37. The van der Waals surface area contributed by atoms with Gasteiger partial charge in [0, 0.05) is 11.0 Å². The molecule has 0 saturated carbocycles. The first-order chi connectivity index (χ1) is 11.7. The molecule has 1 aliphatic heterocycles. The molecule has 2 aromatic rings. The van der Waals surface area contributed by atoms with Crippen molar-refractivity contribution < 1.29 is 14.3 Å². The van der Waals surface area contributed by atoms with Crippen molar-refractivity contribution in [3.05, 3.63) is 65.7 Å². The van der Waals surface area contributed by atoms with Crippen LogP contribution in [0.5, 0.6) is 5.75 Å². The summed E-state index contributed by atoms with van der Waals surface area (Å²) >= 11 is 2.33. The molecule has 5 heteroatoms. The number of carbonyl (C=O) groups excluding carboxylic acids is 1. The van der Waals surface area contributed by atoms with Crippen LogP contribution in [0.1, 0.15) is 17.2 Å². The van der Waals surface area contributed by atoms with Crippen LogP contribution in [0, 0.1) is 0 Å². The molecular weight excluding hydrogens is 417 g/mol. The standard InChI is InChI=1S/C19H20INO3/c1-23-16-9-7-14(8-10-16)12-21-18(22)13-24-17(11-20)19(21)15-5-3-2-4-6-15/h2-10,17,19H,11-13H2,1H3. The maximum atomic E-state index is 12.5. The molecule has 126 valence electrons. The minimum Gasteiger partial charge on any atom is -0.497 e. The number of amides is 1. The van der Waals surface area contributed by atoms with Gasteiger partial charge in [-0.3, -0.25) is 4.79 Å². The summed E-state index contributed by atoms with van der Waals surface area (Å²) in [5, 5.41) is 0. The SMILES string of the molecule is COc1ccc(CN2C(=O)COC(CI)C2c2ccccc2)cc1. The van der Waals surface area contributed by atoms with Crippen LogP contribution >= 0.6 is 22.6 Å². The van der Waals surface area contributed by atoms with E-state index in [0.717, 1.165) is 21.3 Å². The first kappa shape index (κ1) is 17.2. The second kappa shape index (κ2) is 7.98. The Bertz CT molecular complexity index is 675. The Balaban J connectivity index is 1.89. The summed E-state index contributed by atoms with van der Waals surface area (Å²) in [6.45, 7) is 0.714. The summed E-state index contributed by atoms with van der Waals surface area (Å²) in [5.74, 6) is 0.845. The molecule has 0 spiro atoms. The molecule has 1 heterocycles. The van der Waals surface area contributed by atoms with Gasteiger partial charge in [-0.05, 0) is 23.3 Å². The monoisotopic (exact) mass is 437 g/mol. The highest BCUT2D eigenvalue weighted by Crippen LogP contribution is 2.32. The Kier molecular flexibility index (Phi) is 5.73.